The van der Waals surface area contributed by atoms with E-state index in [4.69, 9.17) is 5.26 Å². The van der Waals surface area contributed by atoms with Gasteiger partial charge in [-0.25, -0.2) is 9.37 Å². The molecule has 90 valence electrons. The summed E-state index contributed by atoms with van der Waals surface area (Å²) in [4.78, 5) is 3.95. The minimum atomic E-state index is -0.294. The molecule has 18 heavy (non-hydrogen) atoms. The maximum absolute atomic E-state index is 13.6. The largest absolute Gasteiger partial charge is 0.378 e. The summed E-state index contributed by atoms with van der Waals surface area (Å²) < 4.78 is 13.6. The summed E-state index contributed by atoms with van der Waals surface area (Å²) in [7, 11) is 0. The standard InChI is InChI=1S/C14H12FN3/c1-10-4-5-13(12(15)7-10)18-9-11-3-2-6-17-14(11)8-16/h2-7,18H,9H2,1H3. The third-order valence-electron chi connectivity index (χ3n) is 2.59. The van der Waals surface area contributed by atoms with E-state index in [1.165, 1.54) is 6.07 Å². The second-order valence-electron chi connectivity index (χ2n) is 3.96. The van der Waals surface area contributed by atoms with E-state index >= 15 is 0 Å². The third-order valence-corrected chi connectivity index (χ3v) is 2.59. The van der Waals surface area contributed by atoms with Gasteiger partial charge < -0.3 is 5.32 Å². The number of anilines is 1. The molecule has 2 rings (SSSR count). The fourth-order valence-corrected chi connectivity index (χ4v) is 1.64. The molecule has 0 saturated carbocycles. The molecule has 3 nitrogen and oxygen atoms in total. The molecule has 0 radical (unpaired) electrons. The van der Waals surface area contributed by atoms with E-state index in [-0.39, 0.29) is 5.82 Å². The Hall–Kier alpha value is -2.41. The molecule has 0 unspecified atom stereocenters. The summed E-state index contributed by atoms with van der Waals surface area (Å²) in [5.74, 6) is -0.294. The average molecular weight is 241 g/mol. The van der Waals surface area contributed by atoms with Crippen LogP contribution in [0.2, 0.25) is 0 Å². The van der Waals surface area contributed by atoms with Gasteiger partial charge in [0.2, 0.25) is 0 Å². The van der Waals surface area contributed by atoms with Crippen LogP contribution in [-0.4, -0.2) is 4.98 Å². The van der Waals surface area contributed by atoms with E-state index in [1.807, 2.05) is 19.1 Å². The van der Waals surface area contributed by atoms with Gasteiger partial charge >= 0.3 is 0 Å². The van der Waals surface area contributed by atoms with Crippen LogP contribution in [0, 0.1) is 24.1 Å². The summed E-state index contributed by atoms with van der Waals surface area (Å²) >= 11 is 0. The van der Waals surface area contributed by atoms with Crippen LogP contribution in [0.15, 0.2) is 36.5 Å². The highest BCUT2D eigenvalue weighted by Crippen LogP contribution is 2.16. The first-order valence-corrected chi connectivity index (χ1v) is 5.54. The van der Waals surface area contributed by atoms with E-state index < -0.39 is 0 Å². The van der Waals surface area contributed by atoms with E-state index in [0.29, 0.717) is 17.9 Å². The Labute approximate surface area is 105 Å². The average Bonchev–Trinajstić information content (AvgIpc) is 2.38. The lowest BCUT2D eigenvalue weighted by molar-refractivity contribution is 0.629. The molecule has 0 spiro atoms. The van der Waals surface area contributed by atoms with Gasteiger partial charge in [-0.3, -0.25) is 0 Å². The van der Waals surface area contributed by atoms with Gasteiger partial charge in [0.25, 0.3) is 0 Å². The smallest absolute Gasteiger partial charge is 0.146 e. The number of hydrogen-bond acceptors (Lipinski definition) is 3. The van der Waals surface area contributed by atoms with Crippen LogP contribution in [0.25, 0.3) is 0 Å². The number of aromatic nitrogens is 1. The van der Waals surface area contributed by atoms with Crippen molar-refractivity contribution in [3.63, 3.8) is 0 Å². The Balaban J connectivity index is 2.14. The molecule has 0 saturated heterocycles. The number of pyridine rings is 1. The molecule has 1 heterocycles. The van der Waals surface area contributed by atoms with Gasteiger partial charge in [0.1, 0.15) is 17.6 Å². The van der Waals surface area contributed by atoms with Crippen molar-refractivity contribution < 1.29 is 4.39 Å². The van der Waals surface area contributed by atoms with Crippen LogP contribution in [0.3, 0.4) is 0 Å². The van der Waals surface area contributed by atoms with E-state index in [1.54, 1.807) is 24.4 Å². The van der Waals surface area contributed by atoms with E-state index in [0.717, 1.165) is 11.1 Å². The zero-order valence-electron chi connectivity index (χ0n) is 9.94. The molecule has 0 fully saturated rings. The molecule has 0 aliphatic rings. The fourth-order valence-electron chi connectivity index (χ4n) is 1.64. The Morgan fingerprint density at radius 1 is 1.39 bits per heavy atom. The number of aryl methyl sites for hydroxylation is 1. The highest BCUT2D eigenvalue weighted by Gasteiger charge is 2.05. The quantitative estimate of drug-likeness (QED) is 0.898. The van der Waals surface area contributed by atoms with Crippen molar-refractivity contribution in [2.45, 2.75) is 13.5 Å². The zero-order valence-corrected chi connectivity index (χ0v) is 9.94. The minimum Gasteiger partial charge on any atom is -0.378 e. The van der Waals surface area contributed by atoms with E-state index in [9.17, 15) is 4.39 Å². The van der Waals surface area contributed by atoms with Gasteiger partial charge in [-0.15, -0.1) is 0 Å². The lowest BCUT2D eigenvalue weighted by Gasteiger charge is -2.08. The monoisotopic (exact) mass is 241 g/mol. The molecule has 1 aromatic carbocycles. The topological polar surface area (TPSA) is 48.7 Å². The lowest BCUT2D eigenvalue weighted by atomic mass is 10.2. The molecule has 0 bridgehead atoms. The molecule has 0 amide bonds. The van der Waals surface area contributed by atoms with Crippen molar-refractivity contribution in [1.82, 2.24) is 4.98 Å². The van der Waals surface area contributed by atoms with Gasteiger partial charge in [0.15, 0.2) is 0 Å². The van der Waals surface area contributed by atoms with Crippen molar-refractivity contribution in [3.05, 3.63) is 59.2 Å². The minimum absolute atomic E-state index is 0.294. The molecule has 2 aromatic rings. The molecule has 4 heteroatoms. The van der Waals surface area contributed by atoms with E-state index in [2.05, 4.69) is 10.3 Å². The summed E-state index contributed by atoms with van der Waals surface area (Å²) in [5.41, 5.74) is 2.41. The number of benzene rings is 1. The second kappa shape index (κ2) is 5.28. The number of nitrogens with one attached hydrogen (secondary N) is 1. The van der Waals surface area contributed by atoms with Crippen LogP contribution in [0.4, 0.5) is 10.1 Å². The Kier molecular flexibility index (Phi) is 3.54. The second-order valence-corrected chi connectivity index (χ2v) is 3.96. The molecule has 0 aliphatic heterocycles. The maximum atomic E-state index is 13.6. The van der Waals surface area contributed by atoms with Gasteiger partial charge in [-0.1, -0.05) is 12.1 Å². The third kappa shape index (κ3) is 2.64. The highest BCUT2D eigenvalue weighted by molar-refractivity contribution is 5.47. The Bertz CT molecular complexity index is 602. The normalized spacial score (nSPS) is 9.83. The van der Waals surface area contributed by atoms with Crippen molar-refractivity contribution >= 4 is 5.69 Å². The zero-order chi connectivity index (χ0) is 13.0. The van der Waals surface area contributed by atoms with Crippen LogP contribution in [0.1, 0.15) is 16.8 Å². The van der Waals surface area contributed by atoms with Crippen LogP contribution in [0.5, 0.6) is 0 Å². The lowest BCUT2D eigenvalue weighted by Crippen LogP contribution is -2.04. The van der Waals surface area contributed by atoms with Crippen molar-refractivity contribution in [3.8, 4) is 6.07 Å². The first-order chi connectivity index (χ1) is 8.70. The predicted molar refractivity (Wildman–Crippen MR) is 67.4 cm³/mol. The maximum Gasteiger partial charge on any atom is 0.146 e. The number of nitrogens with zero attached hydrogens (tertiary/aromatic N) is 2. The Morgan fingerprint density at radius 2 is 2.22 bits per heavy atom. The van der Waals surface area contributed by atoms with Crippen molar-refractivity contribution in [1.29, 1.82) is 5.26 Å². The Morgan fingerprint density at radius 3 is 2.94 bits per heavy atom. The SMILES string of the molecule is Cc1ccc(NCc2cccnc2C#N)c(F)c1. The summed E-state index contributed by atoms with van der Waals surface area (Å²) in [6.07, 6.45) is 1.56. The predicted octanol–water partition coefficient (Wildman–Crippen LogP) is 3.01. The fraction of sp³-hybridized carbons (Fsp3) is 0.143. The molecule has 1 N–H and O–H groups in total. The molecule has 0 aliphatic carbocycles. The van der Waals surface area contributed by atoms with Crippen LogP contribution >= 0.6 is 0 Å². The number of halogens is 1. The van der Waals surface area contributed by atoms with Crippen LogP contribution in [-0.2, 0) is 6.54 Å². The number of nitriles is 1. The van der Waals surface area contributed by atoms with Crippen molar-refractivity contribution in [2.75, 3.05) is 5.32 Å². The summed E-state index contributed by atoms with van der Waals surface area (Å²) in [6, 6.07) is 10.6. The molecule has 0 atom stereocenters. The van der Waals surface area contributed by atoms with Gasteiger partial charge in [0, 0.05) is 18.3 Å². The molecular weight excluding hydrogens is 229 g/mol. The number of hydrogen-bond donors (Lipinski definition) is 1. The first-order valence-electron chi connectivity index (χ1n) is 5.54. The first kappa shape index (κ1) is 12.1. The van der Waals surface area contributed by atoms with Gasteiger partial charge in [-0.05, 0) is 30.7 Å². The summed E-state index contributed by atoms with van der Waals surface area (Å²) in [5, 5.41) is 11.9. The molecule has 1 aromatic heterocycles. The van der Waals surface area contributed by atoms with Crippen molar-refractivity contribution in [2.24, 2.45) is 0 Å². The molecular formula is C14H12FN3. The van der Waals surface area contributed by atoms with Gasteiger partial charge in [0.05, 0.1) is 5.69 Å². The highest BCUT2D eigenvalue weighted by atomic mass is 19.1. The van der Waals surface area contributed by atoms with Crippen LogP contribution < -0.4 is 5.32 Å². The number of rotatable bonds is 3. The summed E-state index contributed by atoms with van der Waals surface area (Å²) in [6.45, 7) is 2.21. The van der Waals surface area contributed by atoms with Gasteiger partial charge in [-0.2, -0.15) is 5.26 Å².